The second-order valence-corrected chi connectivity index (χ2v) is 10.3. The number of carbonyl (C=O) groups excluding carboxylic acids is 1. The third-order valence-corrected chi connectivity index (χ3v) is 8.01. The minimum atomic E-state index is -0.533. The molecule has 2 aromatic carbocycles. The molecular formula is C28H31ClFN3O2. The summed E-state index contributed by atoms with van der Waals surface area (Å²) in [4.78, 5) is 16.0. The van der Waals surface area contributed by atoms with Crippen LogP contribution in [0.2, 0.25) is 5.02 Å². The first-order valence-corrected chi connectivity index (χ1v) is 12.9. The van der Waals surface area contributed by atoms with Crippen molar-refractivity contribution >= 4 is 17.5 Å². The number of nitrogens with one attached hydrogen (secondary N) is 1. The number of amides is 1. The number of nitrogens with zero attached hydrogens (tertiary/aromatic N) is 2. The lowest BCUT2D eigenvalue weighted by molar-refractivity contribution is 0.0594. The summed E-state index contributed by atoms with van der Waals surface area (Å²) in [6.45, 7) is 3.96. The van der Waals surface area contributed by atoms with Gasteiger partial charge in [0.2, 0.25) is 0 Å². The minimum Gasteiger partial charge on any atom is -0.360 e. The fraction of sp³-hybridized carbons (Fsp3) is 0.429. The molecule has 35 heavy (non-hydrogen) atoms. The van der Waals surface area contributed by atoms with Crippen molar-refractivity contribution in [1.29, 1.82) is 0 Å². The van der Waals surface area contributed by atoms with Crippen LogP contribution in [0.4, 0.5) is 4.39 Å². The maximum atomic E-state index is 14.6. The zero-order valence-electron chi connectivity index (χ0n) is 20.0. The SMILES string of the molecule is Cc1onc(-c2c(F)cccc2Cl)c1C(=O)NC1CCC(Cc2ccccc2)(N2CCCC2)CC1. The summed E-state index contributed by atoms with van der Waals surface area (Å²) in [5.74, 6) is -0.475. The lowest BCUT2D eigenvalue weighted by Crippen LogP contribution is -2.54. The van der Waals surface area contributed by atoms with E-state index in [2.05, 4.69) is 45.7 Å². The summed E-state index contributed by atoms with van der Waals surface area (Å²) >= 11 is 6.24. The van der Waals surface area contributed by atoms with Gasteiger partial charge in [0.25, 0.3) is 5.91 Å². The van der Waals surface area contributed by atoms with Crippen molar-refractivity contribution in [3.05, 3.63) is 76.3 Å². The van der Waals surface area contributed by atoms with Crippen LogP contribution in [0, 0.1) is 12.7 Å². The van der Waals surface area contributed by atoms with Crippen molar-refractivity contribution in [3.63, 3.8) is 0 Å². The second-order valence-electron chi connectivity index (χ2n) is 9.89. The zero-order valence-corrected chi connectivity index (χ0v) is 20.8. The van der Waals surface area contributed by atoms with Crippen LogP contribution < -0.4 is 5.32 Å². The lowest BCUT2D eigenvalue weighted by Gasteiger charge is -2.47. The molecule has 2 aliphatic rings. The largest absolute Gasteiger partial charge is 0.360 e. The molecule has 0 radical (unpaired) electrons. The van der Waals surface area contributed by atoms with E-state index in [9.17, 15) is 9.18 Å². The van der Waals surface area contributed by atoms with Crippen molar-refractivity contribution in [2.24, 2.45) is 0 Å². The van der Waals surface area contributed by atoms with Gasteiger partial charge in [-0.25, -0.2) is 4.39 Å². The molecule has 1 aliphatic carbocycles. The first-order valence-electron chi connectivity index (χ1n) is 12.5. The average molecular weight is 496 g/mol. The molecule has 2 fully saturated rings. The van der Waals surface area contributed by atoms with E-state index >= 15 is 0 Å². The normalized spacial score (nSPS) is 22.9. The second kappa shape index (κ2) is 10.1. The fourth-order valence-corrected chi connectivity index (χ4v) is 6.12. The Labute approximate surface area is 210 Å². The smallest absolute Gasteiger partial charge is 0.257 e. The first-order chi connectivity index (χ1) is 17.0. The van der Waals surface area contributed by atoms with Crippen LogP contribution in [0.5, 0.6) is 0 Å². The highest BCUT2D eigenvalue weighted by molar-refractivity contribution is 6.33. The highest BCUT2D eigenvalue weighted by atomic mass is 35.5. The van der Waals surface area contributed by atoms with E-state index in [4.69, 9.17) is 16.1 Å². The van der Waals surface area contributed by atoms with Crippen LogP contribution in [0.25, 0.3) is 11.3 Å². The summed E-state index contributed by atoms with van der Waals surface area (Å²) in [5, 5.41) is 7.35. The van der Waals surface area contributed by atoms with Gasteiger partial charge in [0.15, 0.2) is 0 Å². The first kappa shape index (κ1) is 24.0. The molecule has 0 spiro atoms. The number of carbonyl (C=O) groups is 1. The van der Waals surface area contributed by atoms with Gasteiger partial charge in [0, 0.05) is 11.6 Å². The van der Waals surface area contributed by atoms with Crippen molar-refractivity contribution in [2.45, 2.75) is 63.5 Å². The molecule has 1 aliphatic heterocycles. The van der Waals surface area contributed by atoms with Gasteiger partial charge in [-0.05, 0) is 82.7 Å². The maximum absolute atomic E-state index is 14.6. The molecular weight excluding hydrogens is 465 g/mol. The van der Waals surface area contributed by atoms with E-state index in [1.54, 1.807) is 13.0 Å². The summed E-state index contributed by atoms with van der Waals surface area (Å²) in [6.07, 6.45) is 7.40. The van der Waals surface area contributed by atoms with Gasteiger partial charge in [0.05, 0.1) is 10.6 Å². The Balaban J connectivity index is 1.32. The Hall–Kier alpha value is -2.70. The van der Waals surface area contributed by atoms with Gasteiger partial charge in [-0.3, -0.25) is 9.69 Å². The molecule has 184 valence electrons. The molecule has 5 rings (SSSR count). The maximum Gasteiger partial charge on any atom is 0.257 e. The van der Waals surface area contributed by atoms with Crippen LogP contribution >= 0.6 is 11.6 Å². The van der Waals surface area contributed by atoms with E-state index in [0.717, 1.165) is 45.2 Å². The van der Waals surface area contributed by atoms with Gasteiger partial charge in [-0.1, -0.05) is 53.2 Å². The quantitative estimate of drug-likeness (QED) is 0.443. The predicted octanol–water partition coefficient (Wildman–Crippen LogP) is 6.19. The van der Waals surface area contributed by atoms with E-state index in [1.807, 2.05) is 0 Å². The van der Waals surface area contributed by atoms with Crippen LogP contribution in [-0.2, 0) is 6.42 Å². The van der Waals surface area contributed by atoms with Gasteiger partial charge in [0.1, 0.15) is 22.8 Å². The number of hydrogen-bond acceptors (Lipinski definition) is 4. The van der Waals surface area contributed by atoms with Gasteiger partial charge in [-0.15, -0.1) is 0 Å². The summed E-state index contributed by atoms with van der Waals surface area (Å²) in [7, 11) is 0. The molecule has 0 unspecified atom stereocenters. The molecule has 1 aromatic heterocycles. The van der Waals surface area contributed by atoms with Crippen molar-refractivity contribution in [1.82, 2.24) is 15.4 Å². The third kappa shape index (κ3) is 4.87. The molecule has 2 heterocycles. The Morgan fingerprint density at radius 2 is 1.86 bits per heavy atom. The third-order valence-electron chi connectivity index (χ3n) is 7.69. The number of likely N-dealkylation sites (tertiary alicyclic amines) is 1. The number of halogens is 2. The van der Waals surface area contributed by atoms with Crippen LogP contribution in [-0.4, -0.2) is 40.6 Å². The molecule has 3 aromatic rings. The summed E-state index contributed by atoms with van der Waals surface area (Å²) in [6, 6.07) is 15.2. The van der Waals surface area contributed by atoms with E-state index in [0.29, 0.717) is 5.76 Å². The Bertz CT molecular complexity index is 1160. The average Bonchev–Trinajstić information content (AvgIpc) is 3.52. The standard InChI is InChI=1S/C28H31ClFN3O2/c1-19-24(26(32-35-19)25-22(29)10-7-11-23(25)30)27(34)31-21-12-14-28(15-13-21,33-16-5-6-17-33)18-20-8-3-2-4-9-20/h2-4,7-11,21H,5-6,12-18H2,1H3,(H,31,34). The Kier molecular flexibility index (Phi) is 6.94. The highest BCUT2D eigenvalue weighted by Gasteiger charge is 2.41. The fourth-order valence-electron chi connectivity index (χ4n) is 5.86. The predicted molar refractivity (Wildman–Crippen MR) is 135 cm³/mol. The molecule has 1 saturated carbocycles. The van der Waals surface area contributed by atoms with Crippen molar-refractivity contribution in [3.8, 4) is 11.3 Å². The molecule has 1 N–H and O–H groups in total. The van der Waals surface area contributed by atoms with Crippen LogP contribution in [0.1, 0.15) is 60.2 Å². The molecule has 1 amide bonds. The van der Waals surface area contributed by atoms with Crippen LogP contribution in [0.3, 0.4) is 0 Å². The lowest BCUT2D eigenvalue weighted by atomic mass is 9.74. The van der Waals surface area contributed by atoms with Crippen molar-refractivity contribution < 1.29 is 13.7 Å². The van der Waals surface area contributed by atoms with Crippen LogP contribution in [0.15, 0.2) is 53.1 Å². The topological polar surface area (TPSA) is 58.4 Å². The Morgan fingerprint density at radius 1 is 1.14 bits per heavy atom. The number of aromatic nitrogens is 1. The van der Waals surface area contributed by atoms with E-state index in [-0.39, 0.29) is 39.3 Å². The molecule has 5 nitrogen and oxygen atoms in total. The molecule has 7 heteroatoms. The number of hydrogen-bond donors (Lipinski definition) is 1. The van der Waals surface area contributed by atoms with Gasteiger partial charge < -0.3 is 9.84 Å². The minimum absolute atomic E-state index is 0.0484. The monoisotopic (exact) mass is 495 g/mol. The summed E-state index contributed by atoms with van der Waals surface area (Å²) in [5.41, 5.74) is 1.99. The summed E-state index contributed by atoms with van der Waals surface area (Å²) < 4.78 is 19.9. The highest BCUT2D eigenvalue weighted by Crippen LogP contribution is 2.39. The van der Waals surface area contributed by atoms with Gasteiger partial charge in [-0.2, -0.15) is 0 Å². The van der Waals surface area contributed by atoms with Crippen molar-refractivity contribution in [2.75, 3.05) is 13.1 Å². The Morgan fingerprint density at radius 3 is 2.54 bits per heavy atom. The molecule has 1 saturated heterocycles. The van der Waals surface area contributed by atoms with Gasteiger partial charge >= 0.3 is 0 Å². The zero-order chi connectivity index (χ0) is 24.4. The van der Waals surface area contributed by atoms with E-state index in [1.165, 1.54) is 30.5 Å². The number of rotatable bonds is 6. The van der Waals surface area contributed by atoms with E-state index < -0.39 is 5.82 Å². The number of benzene rings is 2. The molecule has 0 atom stereocenters. The molecule has 0 bridgehead atoms. The number of aryl methyl sites for hydroxylation is 1.